The van der Waals surface area contributed by atoms with Crippen LogP contribution in [0.4, 0.5) is 0 Å². The van der Waals surface area contributed by atoms with Crippen LogP contribution in [0, 0.1) is 0 Å². The minimum absolute atomic E-state index is 0.228. The first kappa shape index (κ1) is 19.8. The summed E-state index contributed by atoms with van der Waals surface area (Å²) in [6, 6.07) is 4.25. The molecule has 2 N–H and O–H groups in total. The van der Waals surface area contributed by atoms with Crippen molar-refractivity contribution in [3.63, 3.8) is 0 Å². The van der Waals surface area contributed by atoms with Gasteiger partial charge in [-0.3, -0.25) is 9.89 Å². The van der Waals surface area contributed by atoms with Crippen molar-refractivity contribution in [1.82, 2.24) is 15.5 Å². The van der Waals surface area contributed by atoms with Gasteiger partial charge in [-0.05, 0) is 64.8 Å². The summed E-state index contributed by atoms with van der Waals surface area (Å²) in [5.41, 5.74) is 0. The molecule has 2 heterocycles. The second-order valence-electron chi connectivity index (χ2n) is 6.32. The van der Waals surface area contributed by atoms with E-state index in [0.717, 1.165) is 64.0 Å². The average molecular weight is 351 g/mol. The van der Waals surface area contributed by atoms with Crippen molar-refractivity contribution in [1.29, 1.82) is 0 Å². The lowest BCUT2D eigenvalue weighted by atomic mass is 10.2. The highest BCUT2D eigenvalue weighted by atomic mass is 16.5. The molecule has 0 spiro atoms. The van der Waals surface area contributed by atoms with Crippen molar-refractivity contribution in [2.24, 2.45) is 4.99 Å². The van der Waals surface area contributed by atoms with E-state index in [4.69, 9.17) is 14.1 Å². The Morgan fingerprint density at radius 2 is 2.12 bits per heavy atom. The second-order valence-corrected chi connectivity index (χ2v) is 6.32. The molecule has 0 bridgehead atoms. The first-order valence-corrected chi connectivity index (χ1v) is 9.72. The van der Waals surface area contributed by atoms with Crippen LogP contribution < -0.4 is 10.6 Å². The molecule has 1 unspecified atom stereocenters. The van der Waals surface area contributed by atoms with Gasteiger partial charge in [0.25, 0.3) is 0 Å². The van der Waals surface area contributed by atoms with Crippen molar-refractivity contribution in [2.45, 2.75) is 45.6 Å². The Bertz CT molecular complexity index is 470. The number of ether oxygens (including phenoxy) is 1. The fraction of sp³-hybridized carbons (Fsp3) is 0.737. The predicted molar refractivity (Wildman–Crippen MR) is 102 cm³/mol. The summed E-state index contributed by atoms with van der Waals surface area (Å²) in [5, 5.41) is 6.76. The zero-order chi connectivity index (χ0) is 17.7. The molecular formula is C19H34N4O2. The van der Waals surface area contributed by atoms with Gasteiger partial charge in [-0.2, -0.15) is 0 Å². The molecule has 1 fully saturated rings. The number of hydrogen-bond acceptors (Lipinski definition) is 4. The highest BCUT2D eigenvalue weighted by Crippen LogP contribution is 2.25. The molecule has 142 valence electrons. The van der Waals surface area contributed by atoms with Gasteiger partial charge >= 0.3 is 0 Å². The van der Waals surface area contributed by atoms with Gasteiger partial charge in [0.15, 0.2) is 5.96 Å². The van der Waals surface area contributed by atoms with Crippen molar-refractivity contribution in [3.8, 4) is 0 Å². The molecule has 0 aromatic carbocycles. The lowest BCUT2D eigenvalue weighted by Gasteiger charge is -2.24. The number of nitrogens with one attached hydrogen (secondary N) is 2. The Morgan fingerprint density at radius 1 is 1.28 bits per heavy atom. The number of likely N-dealkylation sites (tertiary alicyclic amines) is 1. The van der Waals surface area contributed by atoms with Crippen LogP contribution in [-0.4, -0.2) is 56.8 Å². The maximum Gasteiger partial charge on any atom is 0.191 e. The number of aliphatic imine (C=N–C) groups is 1. The van der Waals surface area contributed by atoms with Gasteiger partial charge in [0, 0.05) is 26.3 Å². The van der Waals surface area contributed by atoms with E-state index >= 15 is 0 Å². The van der Waals surface area contributed by atoms with E-state index in [1.807, 2.05) is 13.0 Å². The van der Waals surface area contributed by atoms with E-state index in [0.29, 0.717) is 6.54 Å². The molecule has 1 aliphatic rings. The monoisotopic (exact) mass is 350 g/mol. The lowest BCUT2D eigenvalue weighted by molar-refractivity contribution is 0.143. The number of hydrogen-bond donors (Lipinski definition) is 2. The number of furan rings is 1. The highest BCUT2D eigenvalue weighted by Gasteiger charge is 2.25. The summed E-state index contributed by atoms with van der Waals surface area (Å²) in [6.07, 6.45) is 6.43. The van der Waals surface area contributed by atoms with Gasteiger partial charge in [-0.1, -0.05) is 0 Å². The quantitative estimate of drug-likeness (QED) is 0.365. The molecule has 6 nitrogen and oxygen atoms in total. The van der Waals surface area contributed by atoms with E-state index in [9.17, 15) is 0 Å². The van der Waals surface area contributed by atoms with Gasteiger partial charge in [0.1, 0.15) is 5.76 Å². The van der Waals surface area contributed by atoms with Crippen LogP contribution in [0.3, 0.4) is 0 Å². The Hall–Kier alpha value is -1.53. The first-order valence-electron chi connectivity index (χ1n) is 9.72. The molecule has 0 amide bonds. The van der Waals surface area contributed by atoms with E-state index in [1.54, 1.807) is 6.26 Å². The van der Waals surface area contributed by atoms with Crippen molar-refractivity contribution >= 4 is 5.96 Å². The SMILES string of the molecule is CCNC(=NCC(c1ccco1)N1CCCC1)NCCCCOCC. The van der Waals surface area contributed by atoms with Crippen LogP contribution in [0.25, 0.3) is 0 Å². The van der Waals surface area contributed by atoms with Crippen LogP contribution in [0.5, 0.6) is 0 Å². The Balaban J connectivity index is 1.85. The average Bonchev–Trinajstić information content (AvgIpc) is 3.32. The van der Waals surface area contributed by atoms with Gasteiger partial charge in [-0.15, -0.1) is 0 Å². The van der Waals surface area contributed by atoms with Gasteiger partial charge < -0.3 is 19.8 Å². The first-order chi connectivity index (χ1) is 12.3. The maximum atomic E-state index is 5.67. The van der Waals surface area contributed by atoms with Crippen molar-refractivity contribution < 1.29 is 9.15 Å². The lowest BCUT2D eigenvalue weighted by Crippen LogP contribution is -2.39. The molecule has 25 heavy (non-hydrogen) atoms. The number of nitrogens with zero attached hydrogens (tertiary/aromatic N) is 2. The Labute approximate surface area is 152 Å². The fourth-order valence-electron chi connectivity index (χ4n) is 3.12. The summed E-state index contributed by atoms with van der Waals surface area (Å²) < 4.78 is 11.0. The molecule has 1 atom stereocenters. The van der Waals surface area contributed by atoms with Crippen molar-refractivity contribution in [3.05, 3.63) is 24.2 Å². The summed E-state index contributed by atoms with van der Waals surface area (Å²) in [6.45, 7) is 10.5. The third-order valence-electron chi connectivity index (χ3n) is 4.43. The minimum Gasteiger partial charge on any atom is -0.468 e. The second kappa shape index (κ2) is 11.9. The largest absolute Gasteiger partial charge is 0.468 e. The van der Waals surface area contributed by atoms with Gasteiger partial charge in [-0.25, -0.2) is 0 Å². The zero-order valence-corrected chi connectivity index (χ0v) is 15.8. The number of unbranched alkanes of at least 4 members (excludes halogenated alkanes) is 1. The van der Waals surface area contributed by atoms with Crippen LogP contribution in [0.1, 0.15) is 51.3 Å². The molecule has 6 heteroatoms. The third kappa shape index (κ3) is 7.08. The zero-order valence-electron chi connectivity index (χ0n) is 15.8. The number of guanidine groups is 1. The van der Waals surface area contributed by atoms with Crippen LogP contribution in [-0.2, 0) is 4.74 Å². The fourth-order valence-corrected chi connectivity index (χ4v) is 3.12. The standard InChI is InChI=1S/C19H34N4O2/c1-3-20-19(21-11-5-8-14-24-4-2)22-16-17(18-10-9-15-25-18)23-12-6-7-13-23/h9-10,15,17H,3-8,11-14,16H2,1-2H3,(H2,20,21,22). The van der Waals surface area contributed by atoms with Crippen molar-refractivity contribution in [2.75, 3.05) is 45.9 Å². The third-order valence-corrected chi connectivity index (χ3v) is 4.43. The molecule has 1 saturated heterocycles. The summed E-state index contributed by atoms with van der Waals surface area (Å²) in [5.74, 6) is 1.90. The summed E-state index contributed by atoms with van der Waals surface area (Å²) in [7, 11) is 0. The highest BCUT2D eigenvalue weighted by molar-refractivity contribution is 5.79. The minimum atomic E-state index is 0.228. The topological polar surface area (TPSA) is 62.0 Å². The summed E-state index contributed by atoms with van der Waals surface area (Å²) in [4.78, 5) is 7.29. The maximum absolute atomic E-state index is 5.67. The van der Waals surface area contributed by atoms with E-state index < -0.39 is 0 Å². The number of rotatable bonds is 11. The van der Waals surface area contributed by atoms with E-state index in [1.165, 1.54) is 12.8 Å². The normalized spacial score (nSPS) is 17.0. The van der Waals surface area contributed by atoms with Crippen LogP contribution >= 0.6 is 0 Å². The molecule has 2 rings (SSSR count). The van der Waals surface area contributed by atoms with Crippen LogP contribution in [0.2, 0.25) is 0 Å². The van der Waals surface area contributed by atoms with E-state index in [2.05, 4.69) is 28.5 Å². The van der Waals surface area contributed by atoms with Gasteiger partial charge in [0.2, 0.25) is 0 Å². The van der Waals surface area contributed by atoms with E-state index in [-0.39, 0.29) is 6.04 Å². The molecule has 0 radical (unpaired) electrons. The Morgan fingerprint density at radius 3 is 2.80 bits per heavy atom. The summed E-state index contributed by atoms with van der Waals surface area (Å²) >= 11 is 0. The smallest absolute Gasteiger partial charge is 0.191 e. The molecule has 1 aromatic heterocycles. The molecule has 1 aliphatic heterocycles. The van der Waals surface area contributed by atoms with Crippen LogP contribution in [0.15, 0.2) is 27.8 Å². The molecule has 0 saturated carbocycles. The molecule has 0 aliphatic carbocycles. The van der Waals surface area contributed by atoms with Gasteiger partial charge in [0.05, 0.1) is 18.8 Å². The predicted octanol–water partition coefficient (Wildman–Crippen LogP) is 2.79. The Kier molecular flexibility index (Phi) is 9.44. The molecule has 1 aromatic rings. The molecular weight excluding hydrogens is 316 g/mol.